The first-order valence-electron chi connectivity index (χ1n) is 6.02. The van der Waals surface area contributed by atoms with Gasteiger partial charge in [0.2, 0.25) is 5.91 Å². The second kappa shape index (κ2) is 7.73. The molecule has 0 aliphatic heterocycles. The number of rotatable bonds is 5. The highest BCUT2D eigenvalue weighted by molar-refractivity contribution is 14.1. The van der Waals surface area contributed by atoms with Gasteiger partial charge in [-0.25, -0.2) is 0 Å². The highest BCUT2D eigenvalue weighted by atomic mass is 127. The van der Waals surface area contributed by atoms with Gasteiger partial charge in [-0.2, -0.15) is 0 Å². The largest absolute Gasteiger partial charge is 0.480 e. The second-order valence-corrected chi connectivity index (χ2v) is 8.31. The first-order valence-corrected chi connectivity index (χ1v) is 9.26. The number of carboxylic acids is 1. The van der Waals surface area contributed by atoms with Gasteiger partial charge in [-0.3, -0.25) is 9.59 Å². The third-order valence-corrected chi connectivity index (χ3v) is 5.95. The van der Waals surface area contributed by atoms with Gasteiger partial charge in [-0.1, -0.05) is 0 Å². The Morgan fingerprint density at radius 2 is 1.90 bits per heavy atom. The average Bonchev–Trinajstić information content (AvgIpc) is 2.33. The predicted octanol–water partition coefficient (Wildman–Crippen LogP) is 3.19. The number of hydrogen-bond acceptors (Lipinski definition) is 3. The molecular formula is C13H15I3N2O3. The predicted molar refractivity (Wildman–Crippen MR) is 107 cm³/mol. The lowest BCUT2D eigenvalue weighted by molar-refractivity contribution is -0.142. The maximum Gasteiger partial charge on any atom is 0.323 e. The molecule has 5 nitrogen and oxygen atoms in total. The fraction of sp³-hybridized carbons (Fsp3) is 0.385. The third kappa shape index (κ3) is 5.16. The molecule has 1 aromatic rings. The topological polar surface area (TPSA) is 92.4 Å². The molecule has 1 rings (SSSR count). The number of amides is 1. The van der Waals surface area contributed by atoms with Crippen LogP contribution in [0.5, 0.6) is 0 Å². The number of nitrogens with one attached hydrogen (secondary N) is 1. The molecule has 0 fully saturated rings. The molecule has 0 saturated heterocycles. The summed E-state index contributed by atoms with van der Waals surface area (Å²) in [5.41, 5.74) is 6.30. The normalized spacial score (nSPS) is 13.6. The minimum absolute atomic E-state index is 0.132. The molecule has 0 saturated carbocycles. The zero-order chi connectivity index (χ0) is 16.4. The number of halogens is 3. The van der Waals surface area contributed by atoms with E-state index in [1.807, 2.05) is 6.07 Å². The molecule has 21 heavy (non-hydrogen) atoms. The SMILES string of the molecule is CC(=O)Nc1c(I)cc(I)c(CC[C@](C)(N)C(=O)O)c1I. The van der Waals surface area contributed by atoms with Crippen molar-refractivity contribution in [1.29, 1.82) is 0 Å². The van der Waals surface area contributed by atoms with Crippen LogP contribution < -0.4 is 11.1 Å². The molecule has 8 heteroatoms. The summed E-state index contributed by atoms with van der Waals surface area (Å²) in [5, 5.41) is 11.9. The molecule has 0 spiro atoms. The van der Waals surface area contributed by atoms with Crippen LogP contribution in [0.25, 0.3) is 0 Å². The van der Waals surface area contributed by atoms with E-state index in [1.165, 1.54) is 13.8 Å². The van der Waals surface area contributed by atoms with Crippen molar-refractivity contribution in [2.75, 3.05) is 5.32 Å². The Hall–Kier alpha value is 0.310. The molecule has 0 bridgehead atoms. The highest BCUT2D eigenvalue weighted by Gasteiger charge is 2.28. The number of aliphatic carboxylic acids is 1. The van der Waals surface area contributed by atoms with E-state index >= 15 is 0 Å². The third-order valence-electron chi connectivity index (χ3n) is 2.95. The van der Waals surface area contributed by atoms with Crippen LogP contribution in [0.2, 0.25) is 0 Å². The van der Waals surface area contributed by atoms with Crippen molar-refractivity contribution >= 4 is 85.3 Å². The Morgan fingerprint density at radius 3 is 2.38 bits per heavy atom. The summed E-state index contributed by atoms with van der Waals surface area (Å²) in [7, 11) is 0. The van der Waals surface area contributed by atoms with Gasteiger partial charge in [0.05, 0.1) is 5.69 Å². The molecule has 116 valence electrons. The Morgan fingerprint density at radius 1 is 1.33 bits per heavy atom. The lowest BCUT2D eigenvalue weighted by Gasteiger charge is -2.21. The summed E-state index contributed by atoms with van der Waals surface area (Å²) >= 11 is 6.58. The van der Waals surface area contributed by atoms with Gasteiger partial charge >= 0.3 is 5.97 Å². The van der Waals surface area contributed by atoms with Gasteiger partial charge in [-0.05, 0) is 99.2 Å². The number of benzene rings is 1. The fourth-order valence-electron chi connectivity index (χ4n) is 1.64. The van der Waals surface area contributed by atoms with Crippen molar-refractivity contribution in [2.24, 2.45) is 5.73 Å². The van der Waals surface area contributed by atoms with Gasteiger partial charge in [-0.15, -0.1) is 0 Å². The Balaban J connectivity index is 3.13. The monoisotopic (exact) mass is 628 g/mol. The molecular weight excluding hydrogens is 613 g/mol. The van der Waals surface area contributed by atoms with Gasteiger partial charge in [0, 0.05) is 17.6 Å². The number of nitrogens with two attached hydrogens (primary N) is 1. The maximum absolute atomic E-state index is 11.3. The van der Waals surface area contributed by atoms with Crippen molar-refractivity contribution in [1.82, 2.24) is 0 Å². The summed E-state index contributed by atoms with van der Waals surface area (Å²) in [6.45, 7) is 2.97. The molecule has 1 amide bonds. The van der Waals surface area contributed by atoms with E-state index in [-0.39, 0.29) is 5.91 Å². The van der Waals surface area contributed by atoms with Gasteiger partial charge in [0.25, 0.3) is 0 Å². The number of carbonyl (C=O) groups is 2. The van der Waals surface area contributed by atoms with E-state index in [4.69, 9.17) is 10.8 Å². The van der Waals surface area contributed by atoms with E-state index in [0.29, 0.717) is 12.8 Å². The summed E-state index contributed by atoms with van der Waals surface area (Å²) in [6, 6.07) is 1.97. The fourth-order valence-corrected chi connectivity index (χ4v) is 5.82. The number of anilines is 1. The molecule has 0 unspecified atom stereocenters. The van der Waals surface area contributed by atoms with Crippen molar-refractivity contribution < 1.29 is 14.7 Å². The molecule has 0 heterocycles. The number of hydrogen-bond donors (Lipinski definition) is 3. The highest BCUT2D eigenvalue weighted by Crippen LogP contribution is 2.33. The number of carbonyl (C=O) groups excluding carboxylic acids is 1. The smallest absolute Gasteiger partial charge is 0.323 e. The molecule has 4 N–H and O–H groups in total. The van der Waals surface area contributed by atoms with Crippen molar-refractivity contribution in [3.8, 4) is 0 Å². The summed E-state index contributed by atoms with van der Waals surface area (Å²) in [4.78, 5) is 22.4. The van der Waals surface area contributed by atoms with Crippen LogP contribution in [0.15, 0.2) is 6.07 Å². The van der Waals surface area contributed by atoms with Gasteiger partial charge in [0.15, 0.2) is 0 Å². The van der Waals surface area contributed by atoms with Gasteiger partial charge < -0.3 is 16.2 Å². The van der Waals surface area contributed by atoms with Gasteiger partial charge in [0.1, 0.15) is 5.54 Å². The van der Waals surface area contributed by atoms with E-state index < -0.39 is 11.5 Å². The minimum atomic E-state index is -1.26. The molecule has 0 aliphatic rings. The van der Waals surface area contributed by atoms with E-state index in [2.05, 4.69) is 73.1 Å². The molecule has 0 aromatic heterocycles. The molecule has 1 atom stereocenters. The standard InChI is InChI=1S/C13H15I3N2O3/c1-6(19)18-11-9(15)5-8(14)7(10(11)16)3-4-13(2,17)12(20)21/h5H,3-4,17H2,1-2H3,(H,18,19)(H,20,21)/t13-/m0/s1. The van der Waals surface area contributed by atoms with Crippen LogP contribution in [0.1, 0.15) is 25.8 Å². The van der Waals surface area contributed by atoms with Crippen LogP contribution in [-0.2, 0) is 16.0 Å². The van der Waals surface area contributed by atoms with Crippen LogP contribution in [0.4, 0.5) is 5.69 Å². The average molecular weight is 628 g/mol. The van der Waals surface area contributed by atoms with Crippen LogP contribution in [-0.4, -0.2) is 22.5 Å². The van der Waals surface area contributed by atoms with Crippen LogP contribution in [0, 0.1) is 10.7 Å². The molecule has 1 aromatic carbocycles. The van der Waals surface area contributed by atoms with E-state index in [9.17, 15) is 9.59 Å². The first kappa shape index (κ1) is 19.4. The maximum atomic E-state index is 11.3. The number of carboxylic acid groups (broad SMARTS) is 1. The summed E-state index contributed by atoms with van der Waals surface area (Å²) < 4.78 is 2.92. The lowest BCUT2D eigenvalue weighted by atomic mass is 9.94. The zero-order valence-corrected chi connectivity index (χ0v) is 17.9. The second-order valence-electron chi connectivity index (χ2n) is 4.91. The summed E-state index contributed by atoms with van der Waals surface area (Å²) in [5.74, 6) is -1.15. The Bertz CT molecular complexity index is 589. The van der Waals surface area contributed by atoms with Crippen LogP contribution in [0.3, 0.4) is 0 Å². The van der Waals surface area contributed by atoms with Crippen LogP contribution >= 0.6 is 67.8 Å². The lowest BCUT2D eigenvalue weighted by Crippen LogP contribution is -2.45. The molecule has 0 aliphatic carbocycles. The van der Waals surface area contributed by atoms with E-state index in [0.717, 1.165) is 22.0 Å². The quantitative estimate of drug-likeness (QED) is 0.438. The minimum Gasteiger partial charge on any atom is -0.480 e. The zero-order valence-electron chi connectivity index (χ0n) is 11.5. The first-order chi connectivity index (χ1) is 9.56. The van der Waals surface area contributed by atoms with Crippen molar-refractivity contribution in [3.05, 3.63) is 22.3 Å². The molecule has 0 radical (unpaired) electrons. The van der Waals surface area contributed by atoms with Crippen molar-refractivity contribution in [2.45, 2.75) is 32.2 Å². The Labute approximate surface area is 164 Å². The van der Waals surface area contributed by atoms with Crippen molar-refractivity contribution in [3.63, 3.8) is 0 Å². The van der Waals surface area contributed by atoms with E-state index in [1.54, 1.807) is 0 Å². The summed E-state index contributed by atoms with van der Waals surface area (Å²) in [6.07, 6.45) is 0.869. The Kier molecular flexibility index (Phi) is 7.12.